The number of hydrogen-bond donors (Lipinski definition) is 1. The van der Waals surface area contributed by atoms with E-state index >= 15 is 0 Å². The first-order valence-corrected chi connectivity index (χ1v) is 10.4. The smallest absolute Gasteiger partial charge is 0.278 e. The Kier molecular flexibility index (Phi) is 4.52. The van der Waals surface area contributed by atoms with Gasteiger partial charge in [-0.25, -0.2) is 0 Å². The highest BCUT2D eigenvalue weighted by Crippen LogP contribution is 2.36. The lowest BCUT2D eigenvalue weighted by molar-refractivity contribution is -0.137. The average Bonchev–Trinajstić information content (AvgIpc) is 3.47. The van der Waals surface area contributed by atoms with Crippen LogP contribution in [0, 0.1) is 6.92 Å². The Morgan fingerprint density at radius 2 is 1.83 bits per heavy atom. The molecule has 2 aliphatic heterocycles. The fraction of sp³-hybridized carbons (Fsp3) is 0.130. The van der Waals surface area contributed by atoms with Crippen molar-refractivity contribution in [2.75, 3.05) is 12.1 Å². The van der Waals surface area contributed by atoms with Gasteiger partial charge in [0.2, 0.25) is 6.79 Å². The van der Waals surface area contributed by atoms with Gasteiger partial charge in [-0.15, -0.1) is 11.3 Å². The molecule has 3 aromatic rings. The largest absolute Gasteiger partial charge is 0.454 e. The Morgan fingerprint density at radius 1 is 1.00 bits per heavy atom. The van der Waals surface area contributed by atoms with Gasteiger partial charge in [-0.3, -0.25) is 14.5 Å². The van der Waals surface area contributed by atoms with Crippen molar-refractivity contribution in [2.24, 2.45) is 0 Å². The summed E-state index contributed by atoms with van der Waals surface area (Å²) < 4.78 is 10.8. The van der Waals surface area contributed by atoms with Gasteiger partial charge in [-0.1, -0.05) is 30.3 Å². The molecule has 1 N–H and O–H groups in total. The maximum atomic E-state index is 13.3. The first kappa shape index (κ1) is 18.4. The first-order valence-electron chi connectivity index (χ1n) is 9.47. The van der Waals surface area contributed by atoms with Crippen LogP contribution in [0.1, 0.15) is 16.0 Å². The zero-order chi connectivity index (χ0) is 20.7. The molecule has 2 aliphatic rings. The summed E-state index contributed by atoms with van der Waals surface area (Å²) in [7, 11) is 0. The third-order valence-corrected chi connectivity index (χ3v) is 6.01. The second-order valence-corrected chi connectivity index (χ2v) is 8.00. The number of nitrogens with zero attached hydrogens (tertiary/aromatic N) is 1. The Balaban J connectivity index is 1.50. The lowest BCUT2D eigenvalue weighted by atomic mass is 10.1. The quantitative estimate of drug-likeness (QED) is 0.630. The monoisotopic (exact) mass is 418 g/mol. The van der Waals surface area contributed by atoms with Gasteiger partial charge in [-0.2, -0.15) is 0 Å². The molecule has 0 radical (unpaired) electrons. The fourth-order valence-corrected chi connectivity index (χ4v) is 4.32. The standard InChI is InChI=1S/C23H18N2O4S/c1-14-5-2-3-6-16(14)24-21-20(19-7-4-10-30-19)22(26)25(23(21)27)12-15-8-9-17-18(11-15)29-13-28-17/h2-11,24H,12-13H2,1H3. The summed E-state index contributed by atoms with van der Waals surface area (Å²) >= 11 is 1.43. The van der Waals surface area contributed by atoms with Crippen molar-refractivity contribution in [3.05, 3.63) is 81.7 Å². The van der Waals surface area contributed by atoms with E-state index in [1.807, 2.05) is 54.8 Å². The van der Waals surface area contributed by atoms with Crippen molar-refractivity contribution in [1.29, 1.82) is 0 Å². The van der Waals surface area contributed by atoms with Crippen LogP contribution in [-0.2, 0) is 16.1 Å². The molecule has 7 heteroatoms. The number of rotatable bonds is 5. The molecule has 6 nitrogen and oxygen atoms in total. The Labute approximate surface area is 177 Å². The molecule has 0 spiro atoms. The third-order valence-electron chi connectivity index (χ3n) is 5.12. The lowest BCUT2D eigenvalue weighted by Gasteiger charge is -2.16. The topological polar surface area (TPSA) is 67.9 Å². The Bertz CT molecular complexity index is 1180. The van der Waals surface area contributed by atoms with E-state index in [0.717, 1.165) is 21.7 Å². The zero-order valence-electron chi connectivity index (χ0n) is 16.2. The Morgan fingerprint density at radius 3 is 2.63 bits per heavy atom. The van der Waals surface area contributed by atoms with E-state index in [-0.39, 0.29) is 25.2 Å². The summed E-state index contributed by atoms with van der Waals surface area (Å²) in [6.07, 6.45) is 0. The Hall–Kier alpha value is -3.58. The molecule has 3 heterocycles. The molecule has 0 bridgehead atoms. The number of para-hydroxylation sites is 1. The molecular weight excluding hydrogens is 400 g/mol. The molecule has 5 rings (SSSR count). The number of carbonyl (C=O) groups is 2. The van der Waals surface area contributed by atoms with Crippen LogP contribution in [0.4, 0.5) is 5.69 Å². The van der Waals surface area contributed by atoms with Crippen molar-refractivity contribution in [1.82, 2.24) is 4.90 Å². The molecule has 0 aliphatic carbocycles. The molecule has 150 valence electrons. The summed E-state index contributed by atoms with van der Waals surface area (Å²) in [6, 6.07) is 16.8. The number of benzene rings is 2. The van der Waals surface area contributed by atoms with Crippen LogP contribution in [-0.4, -0.2) is 23.5 Å². The van der Waals surface area contributed by atoms with Crippen LogP contribution >= 0.6 is 11.3 Å². The van der Waals surface area contributed by atoms with E-state index in [2.05, 4.69) is 5.32 Å². The van der Waals surface area contributed by atoms with Crippen LogP contribution < -0.4 is 14.8 Å². The normalized spacial score (nSPS) is 15.3. The predicted molar refractivity (Wildman–Crippen MR) is 114 cm³/mol. The van der Waals surface area contributed by atoms with Gasteiger partial charge in [0.05, 0.1) is 12.1 Å². The van der Waals surface area contributed by atoms with Crippen molar-refractivity contribution in [3.8, 4) is 11.5 Å². The average molecular weight is 418 g/mol. The van der Waals surface area contributed by atoms with Gasteiger partial charge in [0.25, 0.3) is 11.8 Å². The van der Waals surface area contributed by atoms with Gasteiger partial charge >= 0.3 is 0 Å². The number of amides is 2. The highest BCUT2D eigenvalue weighted by molar-refractivity contribution is 7.11. The maximum absolute atomic E-state index is 13.3. The van der Waals surface area contributed by atoms with Crippen LogP contribution in [0.2, 0.25) is 0 Å². The van der Waals surface area contributed by atoms with Gasteiger partial charge < -0.3 is 14.8 Å². The molecule has 0 unspecified atom stereocenters. The van der Waals surface area contributed by atoms with Crippen LogP contribution in [0.3, 0.4) is 0 Å². The van der Waals surface area contributed by atoms with Crippen molar-refractivity contribution >= 4 is 34.4 Å². The van der Waals surface area contributed by atoms with E-state index in [0.29, 0.717) is 22.8 Å². The summed E-state index contributed by atoms with van der Waals surface area (Å²) in [5.74, 6) is 0.633. The molecule has 2 amide bonds. The summed E-state index contributed by atoms with van der Waals surface area (Å²) in [6.45, 7) is 2.29. The number of carbonyl (C=O) groups excluding carboxylic acids is 2. The molecule has 0 saturated carbocycles. The second-order valence-electron chi connectivity index (χ2n) is 7.05. The van der Waals surface area contributed by atoms with Crippen LogP contribution in [0.25, 0.3) is 5.57 Å². The lowest BCUT2D eigenvalue weighted by Crippen LogP contribution is -2.32. The molecular formula is C23H18N2O4S. The zero-order valence-corrected chi connectivity index (χ0v) is 17.0. The number of nitrogens with one attached hydrogen (secondary N) is 1. The third kappa shape index (κ3) is 3.13. The summed E-state index contributed by atoms with van der Waals surface area (Å²) in [5, 5.41) is 5.11. The summed E-state index contributed by atoms with van der Waals surface area (Å²) in [5.41, 5.74) is 3.29. The van der Waals surface area contributed by atoms with Crippen LogP contribution in [0.5, 0.6) is 11.5 Å². The number of ether oxygens (including phenoxy) is 2. The van der Waals surface area contributed by atoms with E-state index in [1.54, 1.807) is 12.1 Å². The summed E-state index contributed by atoms with van der Waals surface area (Å²) in [4.78, 5) is 28.6. The second kappa shape index (κ2) is 7.35. The van der Waals surface area contributed by atoms with E-state index in [9.17, 15) is 9.59 Å². The molecule has 0 fully saturated rings. The number of anilines is 1. The minimum Gasteiger partial charge on any atom is -0.454 e. The minimum absolute atomic E-state index is 0.155. The van der Waals surface area contributed by atoms with Gasteiger partial charge in [0, 0.05) is 10.6 Å². The SMILES string of the molecule is Cc1ccccc1NC1=C(c2cccs2)C(=O)N(Cc2ccc3c(c2)OCO3)C1=O. The molecule has 30 heavy (non-hydrogen) atoms. The first-order chi connectivity index (χ1) is 14.6. The van der Waals surface area contributed by atoms with Crippen molar-refractivity contribution in [3.63, 3.8) is 0 Å². The predicted octanol–water partition coefficient (Wildman–Crippen LogP) is 4.18. The fourth-order valence-electron chi connectivity index (χ4n) is 3.55. The number of imide groups is 1. The van der Waals surface area contributed by atoms with E-state index < -0.39 is 0 Å². The molecule has 1 aromatic heterocycles. The number of thiophene rings is 1. The highest BCUT2D eigenvalue weighted by atomic mass is 32.1. The highest BCUT2D eigenvalue weighted by Gasteiger charge is 2.40. The number of hydrogen-bond acceptors (Lipinski definition) is 6. The van der Waals surface area contributed by atoms with Gasteiger partial charge in [0.15, 0.2) is 11.5 Å². The van der Waals surface area contributed by atoms with Crippen molar-refractivity contribution in [2.45, 2.75) is 13.5 Å². The van der Waals surface area contributed by atoms with E-state index in [1.165, 1.54) is 16.2 Å². The van der Waals surface area contributed by atoms with Crippen LogP contribution in [0.15, 0.2) is 65.7 Å². The minimum atomic E-state index is -0.343. The van der Waals surface area contributed by atoms with Gasteiger partial charge in [0.1, 0.15) is 5.70 Å². The van der Waals surface area contributed by atoms with Crippen molar-refractivity contribution < 1.29 is 19.1 Å². The maximum Gasteiger partial charge on any atom is 0.278 e. The number of fused-ring (bicyclic) bond motifs is 1. The molecule has 2 aromatic carbocycles. The van der Waals surface area contributed by atoms with E-state index in [4.69, 9.17) is 9.47 Å². The van der Waals surface area contributed by atoms with Gasteiger partial charge in [-0.05, 0) is 47.7 Å². The molecule has 0 saturated heterocycles. The number of aryl methyl sites for hydroxylation is 1. The molecule has 0 atom stereocenters.